The number of benzene rings is 2. The van der Waals surface area contributed by atoms with E-state index in [2.05, 4.69) is 20.8 Å². The van der Waals surface area contributed by atoms with Crippen LogP contribution in [0.4, 0.5) is 0 Å². The highest BCUT2D eigenvalue weighted by atomic mass is 16.5. The van der Waals surface area contributed by atoms with Gasteiger partial charge in [-0.2, -0.15) is 0 Å². The summed E-state index contributed by atoms with van der Waals surface area (Å²) in [6.45, 7) is 7.37. The molecule has 1 atom stereocenters. The number of hydrogen-bond donors (Lipinski definition) is 0. The van der Waals surface area contributed by atoms with Gasteiger partial charge in [-0.3, -0.25) is 0 Å². The number of unbranched alkanes of at least 4 members (excludes halogenated alkanes) is 7. The van der Waals surface area contributed by atoms with Crippen molar-refractivity contribution in [3.05, 3.63) is 59.7 Å². The first-order valence-electron chi connectivity index (χ1n) is 12.2. The van der Waals surface area contributed by atoms with Gasteiger partial charge < -0.3 is 9.47 Å². The molecule has 3 heteroatoms. The maximum absolute atomic E-state index is 12.6. The average molecular weight is 425 g/mol. The minimum atomic E-state index is -0.328. The van der Waals surface area contributed by atoms with Crippen LogP contribution in [0.5, 0.6) is 11.5 Å². The third kappa shape index (κ3) is 9.59. The van der Waals surface area contributed by atoms with Crippen molar-refractivity contribution in [3.8, 4) is 11.5 Å². The van der Waals surface area contributed by atoms with E-state index in [-0.39, 0.29) is 5.97 Å². The van der Waals surface area contributed by atoms with Gasteiger partial charge in [-0.15, -0.1) is 0 Å². The molecule has 3 nitrogen and oxygen atoms in total. The van der Waals surface area contributed by atoms with Crippen molar-refractivity contribution in [1.29, 1.82) is 0 Å². The number of carbonyl (C=O) groups is 1. The molecule has 0 fully saturated rings. The zero-order valence-electron chi connectivity index (χ0n) is 19.7. The summed E-state index contributed by atoms with van der Waals surface area (Å²) in [5, 5.41) is 0. The van der Waals surface area contributed by atoms with Gasteiger partial charge >= 0.3 is 5.97 Å². The number of hydrogen-bond acceptors (Lipinski definition) is 3. The molecule has 0 radical (unpaired) electrons. The van der Waals surface area contributed by atoms with Crippen LogP contribution < -0.4 is 9.47 Å². The number of rotatable bonds is 15. The van der Waals surface area contributed by atoms with Crippen molar-refractivity contribution in [2.45, 2.75) is 85.0 Å². The first kappa shape index (κ1) is 25.0. The minimum Gasteiger partial charge on any atom is -0.494 e. The lowest BCUT2D eigenvalue weighted by Crippen LogP contribution is -2.11. The summed E-state index contributed by atoms with van der Waals surface area (Å²) in [6.07, 6.45) is 12.3. The maximum atomic E-state index is 12.6. The lowest BCUT2D eigenvalue weighted by atomic mass is 9.98. The molecule has 0 spiro atoms. The highest BCUT2D eigenvalue weighted by Gasteiger charge is 2.13. The average Bonchev–Trinajstić information content (AvgIpc) is 2.79. The topological polar surface area (TPSA) is 35.5 Å². The number of carbonyl (C=O) groups excluding carboxylic acids is 1. The molecule has 0 saturated carbocycles. The van der Waals surface area contributed by atoms with Gasteiger partial charge in [-0.1, -0.05) is 90.3 Å². The molecular weight excluding hydrogens is 384 g/mol. The normalized spacial score (nSPS) is 11.8. The summed E-state index contributed by atoms with van der Waals surface area (Å²) in [5.74, 6) is 1.68. The molecule has 0 aliphatic carbocycles. The van der Waals surface area contributed by atoms with E-state index in [0.717, 1.165) is 37.2 Å². The van der Waals surface area contributed by atoms with Crippen molar-refractivity contribution in [1.82, 2.24) is 0 Å². The van der Waals surface area contributed by atoms with Gasteiger partial charge in [0.25, 0.3) is 0 Å². The Kier molecular flexibility index (Phi) is 11.8. The molecule has 2 rings (SSSR count). The largest absolute Gasteiger partial charge is 0.494 e. The van der Waals surface area contributed by atoms with E-state index in [9.17, 15) is 4.79 Å². The van der Waals surface area contributed by atoms with Gasteiger partial charge in [0.2, 0.25) is 0 Å². The summed E-state index contributed by atoms with van der Waals surface area (Å²) in [7, 11) is 0. The Hall–Kier alpha value is -2.29. The first-order valence-corrected chi connectivity index (χ1v) is 12.2. The summed E-state index contributed by atoms with van der Waals surface area (Å²) in [5.41, 5.74) is 1.62. The van der Waals surface area contributed by atoms with E-state index >= 15 is 0 Å². The SMILES string of the molecule is CCCCCCCCCCOc1ccc(C(=O)Oc2ccccc2CC(C)CC)cc1. The Balaban J connectivity index is 1.75. The minimum absolute atomic E-state index is 0.328. The molecule has 0 aliphatic rings. The van der Waals surface area contributed by atoms with Crippen LogP contribution in [0.3, 0.4) is 0 Å². The van der Waals surface area contributed by atoms with E-state index in [0.29, 0.717) is 17.2 Å². The Morgan fingerprint density at radius 2 is 1.48 bits per heavy atom. The second-order valence-corrected chi connectivity index (χ2v) is 8.56. The van der Waals surface area contributed by atoms with Crippen molar-refractivity contribution in [2.75, 3.05) is 6.61 Å². The highest BCUT2D eigenvalue weighted by molar-refractivity contribution is 5.91. The molecule has 0 aliphatic heterocycles. The third-order valence-electron chi connectivity index (χ3n) is 5.80. The predicted molar refractivity (Wildman–Crippen MR) is 129 cm³/mol. The van der Waals surface area contributed by atoms with Crippen LogP contribution >= 0.6 is 0 Å². The van der Waals surface area contributed by atoms with Crippen LogP contribution in [0.2, 0.25) is 0 Å². The van der Waals surface area contributed by atoms with Crippen LogP contribution in [0.1, 0.15) is 94.5 Å². The highest BCUT2D eigenvalue weighted by Crippen LogP contribution is 2.24. The van der Waals surface area contributed by atoms with Crippen LogP contribution in [-0.4, -0.2) is 12.6 Å². The molecule has 0 N–H and O–H groups in total. The second-order valence-electron chi connectivity index (χ2n) is 8.56. The molecule has 0 heterocycles. The quantitative estimate of drug-likeness (QED) is 0.165. The van der Waals surface area contributed by atoms with Gasteiger partial charge in [-0.25, -0.2) is 4.79 Å². The second kappa shape index (κ2) is 14.7. The van der Waals surface area contributed by atoms with Crippen molar-refractivity contribution >= 4 is 5.97 Å². The monoisotopic (exact) mass is 424 g/mol. The molecule has 0 amide bonds. The van der Waals surface area contributed by atoms with E-state index in [1.807, 2.05) is 36.4 Å². The zero-order valence-corrected chi connectivity index (χ0v) is 19.7. The van der Waals surface area contributed by atoms with Crippen LogP contribution in [0, 0.1) is 5.92 Å². The van der Waals surface area contributed by atoms with Crippen LogP contribution in [0.15, 0.2) is 48.5 Å². The maximum Gasteiger partial charge on any atom is 0.343 e. The van der Waals surface area contributed by atoms with Gasteiger partial charge in [-0.05, 0) is 54.7 Å². The smallest absolute Gasteiger partial charge is 0.343 e. The summed E-state index contributed by atoms with van der Waals surface area (Å²) in [4.78, 5) is 12.6. The fourth-order valence-electron chi connectivity index (χ4n) is 3.56. The molecule has 170 valence electrons. The molecule has 31 heavy (non-hydrogen) atoms. The Bertz CT molecular complexity index is 751. The van der Waals surface area contributed by atoms with Crippen molar-refractivity contribution in [3.63, 3.8) is 0 Å². The Labute approximate surface area is 189 Å². The third-order valence-corrected chi connectivity index (χ3v) is 5.80. The number of para-hydroxylation sites is 1. The van der Waals surface area contributed by atoms with Gasteiger partial charge in [0.15, 0.2) is 0 Å². The zero-order chi connectivity index (χ0) is 22.3. The van der Waals surface area contributed by atoms with E-state index < -0.39 is 0 Å². The molecule has 0 saturated heterocycles. The van der Waals surface area contributed by atoms with Gasteiger partial charge in [0, 0.05) is 0 Å². The number of ether oxygens (including phenoxy) is 2. The predicted octanol–water partition coefficient (Wildman–Crippen LogP) is 8.01. The van der Waals surface area contributed by atoms with E-state index in [1.54, 1.807) is 12.1 Å². The Morgan fingerprint density at radius 3 is 2.16 bits per heavy atom. The molecular formula is C28H40O3. The lowest BCUT2D eigenvalue weighted by Gasteiger charge is -2.13. The van der Waals surface area contributed by atoms with Crippen molar-refractivity contribution < 1.29 is 14.3 Å². The molecule has 0 bridgehead atoms. The van der Waals surface area contributed by atoms with Gasteiger partial charge in [0.05, 0.1) is 12.2 Å². The number of esters is 1. The fraction of sp³-hybridized carbons (Fsp3) is 0.536. The van der Waals surface area contributed by atoms with Crippen LogP contribution in [-0.2, 0) is 6.42 Å². The lowest BCUT2D eigenvalue weighted by molar-refractivity contribution is 0.0732. The molecule has 0 aromatic heterocycles. The molecule has 1 unspecified atom stereocenters. The fourth-order valence-corrected chi connectivity index (χ4v) is 3.56. The van der Waals surface area contributed by atoms with E-state index in [4.69, 9.17) is 9.47 Å². The summed E-state index contributed by atoms with van der Waals surface area (Å²) < 4.78 is 11.5. The first-order chi connectivity index (χ1) is 15.1. The van der Waals surface area contributed by atoms with E-state index in [1.165, 1.54) is 44.9 Å². The van der Waals surface area contributed by atoms with Crippen LogP contribution in [0.25, 0.3) is 0 Å². The molecule has 2 aromatic carbocycles. The standard InChI is InChI=1S/C28H40O3/c1-4-6-7-8-9-10-11-14-21-30-26-19-17-24(18-20-26)28(29)31-27-16-13-12-15-25(27)22-23(3)5-2/h12-13,15-20,23H,4-11,14,21-22H2,1-3H3. The Morgan fingerprint density at radius 1 is 0.839 bits per heavy atom. The van der Waals surface area contributed by atoms with Gasteiger partial charge in [0.1, 0.15) is 11.5 Å². The summed E-state index contributed by atoms with van der Waals surface area (Å²) in [6, 6.07) is 15.1. The molecule has 2 aromatic rings. The summed E-state index contributed by atoms with van der Waals surface area (Å²) >= 11 is 0. The van der Waals surface area contributed by atoms with Crippen molar-refractivity contribution in [2.24, 2.45) is 5.92 Å².